The van der Waals surface area contributed by atoms with Gasteiger partial charge >= 0.3 is 0 Å². The highest BCUT2D eigenvalue weighted by atomic mass is 79.9. The van der Waals surface area contributed by atoms with Crippen LogP contribution in [0.25, 0.3) is 10.9 Å². The Hall–Kier alpha value is -2.18. The lowest BCUT2D eigenvalue weighted by Crippen LogP contribution is -2.12. The number of benzene rings is 2. The van der Waals surface area contributed by atoms with Crippen molar-refractivity contribution < 1.29 is 14.2 Å². The van der Waals surface area contributed by atoms with Crippen LogP contribution in [-0.2, 0) is 4.74 Å². The zero-order valence-electron chi connectivity index (χ0n) is 13.0. The molecule has 124 valence electrons. The fraction of sp³-hybridized carbons (Fsp3) is 0.222. The van der Waals surface area contributed by atoms with Gasteiger partial charge < -0.3 is 14.2 Å². The lowest BCUT2D eigenvalue weighted by Gasteiger charge is -2.10. The lowest BCUT2D eigenvalue weighted by molar-refractivity contribution is 0.0755. The van der Waals surface area contributed by atoms with Gasteiger partial charge in [-0.05, 0) is 40.2 Å². The smallest absolute Gasteiger partial charge is 0.224 e. The second-order valence-electron chi connectivity index (χ2n) is 4.94. The third kappa shape index (κ3) is 4.43. The summed E-state index contributed by atoms with van der Waals surface area (Å²) in [5, 5.41) is 0.900. The van der Waals surface area contributed by atoms with Gasteiger partial charge in [0.05, 0.1) is 28.6 Å². The maximum atomic E-state index is 5.68. The van der Waals surface area contributed by atoms with E-state index in [0.29, 0.717) is 32.3 Å². The van der Waals surface area contributed by atoms with Crippen molar-refractivity contribution in [2.75, 3.05) is 26.4 Å². The van der Waals surface area contributed by atoms with E-state index in [9.17, 15) is 0 Å². The summed E-state index contributed by atoms with van der Waals surface area (Å²) in [6.45, 7) is 1.88. The van der Waals surface area contributed by atoms with E-state index in [1.165, 1.54) is 6.33 Å². The standard InChI is InChI=1S/C18H17BrN2O3/c19-15-6-2-4-8-17(15)23-11-9-22-10-12-24-18-14-5-1-3-7-16(14)20-13-21-18/h1-8,13H,9-12H2. The van der Waals surface area contributed by atoms with Gasteiger partial charge in [-0.3, -0.25) is 0 Å². The van der Waals surface area contributed by atoms with Crippen LogP contribution in [0.3, 0.4) is 0 Å². The maximum absolute atomic E-state index is 5.68. The molecule has 0 aliphatic carbocycles. The van der Waals surface area contributed by atoms with Gasteiger partial charge in [0.25, 0.3) is 0 Å². The fourth-order valence-electron chi connectivity index (χ4n) is 2.17. The van der Waals surface area contributed by atoms with Crippen molar-refractivity contribution in [2.45, 2.75) is 0 Å². The summed E-state index contributed by atoms with van der Waals surface area (Å²) in [5.41, 5.74) is 0.866. The van der Waals surface area contributed by atoms with Gasteiger partial charge in [0.15, 0.2) is 0 Å². The predicted octanol–water partition coefficient (Wildman–Crippen LogP) is 3.87. The van der Waals surface area contributed by atoms with E-state index in [0.717, 1.165) is 21.1 Å². The predicted molar refractivity (Wildman–Crippen MR) is 95.5 cm³/mol. The minimum atomic E-state index is 0.427. The first-order chi connectivity index (χ1) is 11.8. The van der Waals surface area contributed by atoms with E-state index < -0.39 is 0 Å². The third-order valence-electron chi connectivity index (χ3n) is 3.29. The first-order valence-corrected chi connectivity index (χ1v) is 8.41. The van der Waals surface area contributed by atoms with Gasteiger partial charge in [0.2, 0.25) is 5.88 Å². The van der Waals surface area contributed by atoms with Crippen LogP contribution in [-0.4, -0.2) is 36.4 Å². The molecule has 0 fully saturated rings. The Morgan fingerprint density at radius 3 is 2.42 bits per heavy atom. The van der Waals surface area contributed by atoms with E-state index in [2.05, 4.69) is 25.9 Å². The third-order valence-corrected chi connectivity index (χ3v) is 3.95. The second kappa shape index (κ2) is 8.61. The second-order valence-corrected chi connectivity index (χ2v) is 5.79. The zero-order chi connectivity index (χ0) is 16.6. The Labute approximate surface area is 148 Å². The Morgan fingerprint density at radius 2 is 1.54 bits per heavy atom. The van der Waals surface area contributed by atoms with Crippen LogP contribution in [0.4, 0.5) is 0 Å². The van der Waals surface area contributed by atoms with E-state index >= 15 is 0 Å². The van der Waals surface area contributed by atoms with Crippen LogP contribution in [0, 0.1) is 0 Å². The molecule has 0 aliphatic rings. The molecule has 24 heavy (non-hydrogen) atoms. The average molecular weight is 389 g/mol. The summed E-state index contributed by atoms with van der Waals surface area (Å²) in [4.78, 5) is 8.38. The van der Waals surface area contributed by atoms with Crippen molar-refractivity contribution in [3.05, 3.63) is 59.3 Å². The highest BCUT2D eigenvalue weighted by Crippen LogP contribution is 2.23. The summed E-state index contributed by atoms with van der Waals surface area (Å²) in [6, 6.07) is 15.5. The first kappa shape index (κ1) is 16.7. The van der Waals surface area contributed by atoms with Crippen molar-refractivity contribution >= 4 is 26.8 Å². The number of ether oxygens (including phenoxy) is 3. The van der Waals surface area contributed by atoms with E-state index in [4.69, 9.17) is 14.2 Å². The molecule has 2 aromatic carbocycles. The number of hydrogen-bond donors (Lipinski definition) is 0. The molecule has 0 atom stereocenters. The number of para-hydroxylation sites is 2. The lowest BCUT2D eigenvalue weighted by atomic mass is 10.2. The molecule has 0 saturated carbocycles. The van der Waals surface area contributed by atoms with Crippen LogP contribution in [0.1, 0.15) is 0 Å². The number of aromatic nitrogens is 2. The van der Waals surface area contributed by atoms with Crippen molar-refractivity contribution in [3.63, 3.8) is 0 Å². The number of hydrogen-bond acceptors (Lipinski definition) is 5. The molecule has 0 bridgehead atoms. The summed E-state index contributed by atoms with van der Waals surface area (Å²) in [5.74, 6) is 1.39. The Kier molecular flexibility index (Phi) is 5.98. The summed E-state index contributed by atoms with van der Waals surface area (Å²) in [6.07, 6.45) is 1.50. The van der Waals surface area contributed by atoms with Crippen LogP contribution in [0.2, 0.25) is 0 Å². The van der Waals surface area contributed by atoms with Gasteiger partial charge in [0.1, 0.15) is 25.3 Å². The van der Waals surface area contributed by atoms with Crippen molar-refractivity contribution in [2.24, 2.45) is 0 Å². The van der Waals surface area contributed by atoms with Gasteiger partial charge in [0, 0.05) is 0 Å². The molecule has 0 radical (unpaired) electrons. The topological polar surface area (TPSA) is 53.5 Å². The van der Waals surface area contributed by atoms with Gasteiger partial charge in [-0.25, -0.2) is 9.97 Å². The molecule has 0 N–H and O–H groups in total. The largest absolute Gasteiger partial charge is 0.490 e. The molecule has 0 amide bonds. The molecule has 3 rings (SSSR count). The molecule has 0 unspecified atom stereocenters. The molecule has 1 heterocycles. The summed E-state index contributed by atoms with van der Waals surface area (Å²) in [7, 11) is 0. The van der Waals surface area contributed by atoms with Crippen LogP contribution >= 0.6 is 15.9 Å². The Morgan fingerprint density at radius 1 is 0.792 bits per heavy atom. The highest BCUT2D eigenvalue weighted by molar-refractivity contribution is 9.10. The Bertz CT molecular complexity index is 793. The number of nitrogens with zero attached hydrogens (tertiary/aromatic N) is 2. The molecule has 0 aliphatic heterocycles. The van der Waals surface area contributed by atoms with Crippen molar-refractivity contribution in [1.29, 1.82) is 0 Å². The number of fused-ring (bicyclic) bond motifs is 1. The molecule has 0 spiro atoms. The van der Waals surface area contributed by atoms with Crippen LogP contribution < -0.4 is 9.47 Å². The summed E-state index contributed by atoms with van der Waals surface area (Å²) >= 11 is 3.44. The first-order valence-electron chi connectivity index (χ1n) is 7.62. The SMILES string of the molecule is Brc1ccccc1OCCOCCOc1ncnc2ccccc12. The highest BCUT2D eigenvalue weighted by Gasteiger charge is 2.03. The summed E-state index contributed by atoms with van der Waals surface area (Å²) < 4.78 is 17.8. The van der Waals surface area contributed by atoms with E-state index in [-0.39, 0.29) is 0 Å². The molecule has 0 saturated heterocycles. The van der Waals surface area contributed by atoms with Crippen LogP contribution in [0.15, 0.2) is 59.3 Å². The molecule has 6 heteroatoms. The monoisotopic (exact) mass is 388 g/mol. The average Bonchev–Trinajstić information content (AvgIpc) is 2.62. The van der Waals surface area contributed by atoms with Crippen molar-refractivity contribution in [3.8, 4) is 11.6 Å². The maximum Gasteiger partial charge on any atom is 0.224 e. The number of rotatable bonds is 8. The quantitative estimate of drug-likeness (QED) is 0.548. The van der Waals surface area contributed by atoms with Gasteiger partial charge in [-0.15, -0.1) is 0 Å². The van der Waals surface area contributed by atoms with E-state index in [1.54, 1.807) is 0 Å². The number of halogens is 1. The zero-order valence-corrected chi connectivity index (χ0v) is 14.6. The molecule has 1 aromatic heterocycles. The van der Waals surface area contributed by atoms with Crippen molar-refractivity contribution in [1.82, 2.24) is 9.97 Å². The van der Waals surface area contributed by atoms with Crippen LogP contribution in [0.5, 0.6) is 11.6 Å². The van der Waals surface area contributed by atoms with Gasteiger partial charge in [-0.1, -0.05) is 24.3 Å². The van der Waals surface area contributed by atoms with Gasteiger partial charge in [-0.2, -0.15) is 0 Å². The fourth-order valence-corrected chi connectivity index (χ4v) is 2.57. The van der Waals surface area contributed by atoms with E-state index in [1.807, 2.05) is 48.5 Å². The molecular formula is C18H17BrN2O3. The minimum Gasteiger partial charge on any atom is -0.490 e. The molecule has 3 aromatic rings. The minimum absolute atomic E-state index is 0.427. The normalized spacial score (nSPS) is 10.7. The Balaban J connectivity index is 1.37. The molecule has 5 nitrogen and oxygen atoms in total. The molecular weight excluding hydrogens is 372 g/mol.